The second-order valence-electron chi connectivity index (χ2n) is 6.66. The Hall–Kier alpha value is -2.98. The number of nitrogens with one attached hydrogen (secondary N) is 1. The van der Waals surface area contributed by atoms with Crippen LogP contribution in [0.1, 0.15) is 35.4 Å². The Bertz CT molecular complexity index is 971. The van der Waals surface area contributed by atoms with Crippen molar-refractivity contribution in [1.82, 2.24) is 0 Å². The van der Waals surface area contributed by atoms with Gasteiger partial charge in [-0.2, -0.15) is 0 Å². The zero-order valence-electron chi connectivity index (χ0n) is 15.6. The SMILES string of the molecule is CCCOc1ccc(C2Nc3ccccc3C(=O)N2c2ccc(Cl)cc2)cc1. The molecule has 0 saturated carbocycles. The number of anilines is 2. The van der Waals surface area contributed by atoms with Crippen molar-refractivity contribution < 1.29 is 9.53 Å². The molecule has 142 valence electrons. The number of amides is 1. The zero-order chi connectivity index (χ0) is 19.5. The van der Waals surface area contributed by atoms with Crippen LogP contribution < -0.4 is 15.0 Å². The van der Waals surface area contributed by atoms with Crippen molar-refractivity contribution in [3.8, 4) is 5.75 Å². The summed E-state index contributed by atoms with van der Waals surface area (Å²) in [6.45, 7) is 2.76. The van der Waals surface area contributed by atoms with Gasteiger partial charge in [0.05, 0.1) is 12.2 Å². The molecule has 0 bridgehead atoms. The fourth-order valence-electron chi connectivity index (χ4n) is 3.32. The maximum atomic E-state index is 13.3. The highest BCUT2D eigenvalue weighted by molar-refractivity contribution is 6.30. The van der Waals surface area contributed by atoms with E-state index < -0.39 is 0 Å². The van der Waals surface area contributed by atoms with E-state index in [1.54, 1.807) is 17.0 Å². The fourth-order valence-corrected chi connectivity index (χ4v) is 3.45. The van der Waals surface area contributed by atoms with Gasteiger partial charge < -0.3 is 10.1 Å². The van der Waals surface area contributed by atoms with E-state index in [0.717, 1.165) is 29.1 Å². The summed E-state index contributed by atoms with van der Waals surface area (Å²) in [6, 6.07) is 22.8. The van der Waals surface area contributed by atoms with Crippen molar-refractivity contribution in [2.75, 3.05) is 16.8 Å². The molecule has 4 rings (SSSR count). The third-order valence-electron chi connectivity index (χ3n) is 4.70. The molecule has 0 aromatic heterocycles. The molecule has 1 unspecified atom stereocenters. The second-order valence-corrected chi connectivity index (χ2v) is 7.10. The van der Waals surface area contributed by atoms with E-state index in [4.69, 9.17) is 16.3 Å². The summed E-state index contributed by atoms with van der Waals surface area (Å²) in [6.07, 6.45) is 0.630. The summed E-state index contributed by atoms with van der Waals surface area (Å²) in [7, 11) is 0. The third kappa shape index (κ3) is 3.56. The molecule has 0 radical (unpaired) electrons. The highest BCUT2D eigenvalue weighted by Gasteiger charge is 2.33. The number of carbonyl (C=O) groups excluding carboxylic acids is 1. The minimum Gasteiger partial charge on any atom is -0.494 e. The molecule has 3 aromatic carbocycles. The first-order valence-corrected chi connectivity index (χ1v) is 9.72. The number of para-hydroxylation sites is 1. The van der Waals surface area contributed by atoms with Crippen LogP contribution in [-0.2, 0) is 0 Å². The van der Waals surface area contributed by atoms with Crippen molar-refractivity contribution in [3.63, 3.8) is 0 Å². The van der Waals surface area contributed by atoms with Crippen molar-refractivity contribution in [2.45, 2.75) is 19.5 Å². The van der Waals surface area contributed by atoms with Gasteiger partial charge in [-0.25, -0.2) is 0 Å². The lowest BCUT2D eigenvalue weighted by Gasteiger charge is -2.38. The molecule has 1 heterocycles. The van der Waals surface area contributed by atoms with Gasteiger partial charge in [0.25, 0.3) is 5.91 Å². The van der Waals surface area contributed by atoms with Gasteiger partial charge in [0.15, 0.2) is 0 Å². The second kappa shape index (κ2) is 7.95. The van der Waals surface area contributed by atoms with Gasteiger partial charge in [0.2, 0.25) is 0 Å². The number of benzene rings is 3. The molecule has 28 heavy (non-hydrogen) atoms. The summed E-state index contributed by atoms with van der Waals surface area (Å²) in [5.74, 6) is 0.777. The number of fused-ring (bicyclic) bond motifs is 1. The van der Waals surface area contributed by atoms with Crippen LogP contribution in [0.5, 0.6) is 5.75 Å². The van der Waals surface area contributed by atoms with E-state index in [-0.39, 0.29) is 12.1 Å². The largest absolute Gasteiger partial charge is 0.494 e. The van der Waals surface area contributed by atoms with E-state index >= 15 is 0 Å². The lowest BCUT2D eigenvalue weighted by Crippen LogP contribution is -2.43. The van der Waals surface area contributed by atoms with Crippen LogP contribution in [0.4, 0.5) is 11.4 Å². The molecule has 3 aromatic rings. The van der Waals surface area contributed by atoms with Crippen LogP contribution in [0.3, 0.4) is 0 Å². The van der Waals surface area contributed by atoms with Crippen LogP contribution in [0.25, 0.3) is 0 Å². The minimum absolute atomic E-state index is 0.0482. The summed E-state index contributed by atoms with van der Waals surface area (Å²) < 4.78 is 5.68. The Morgan fingerprint density at radius 3 is 2.43 bits per heavy atom. The Morgan fingerprint density at radius 2 is 1.71 bits per heavy atom. The van der Waals surface area contributed by atoms with Crippen LogP contribution in [0, 0.1) is 0 Å². The standard InChI is InChI=1S/C23H21ClN2O2/c1-2-15-28-19-13-7-16(8-14-19)22-25-21-6-4-3-5-20(21)23(27)26(22)18-11-9-17(24)10-12-18/h3-14,22,25H,2,15H2,1H3. The highest BCUT2D eigenvalue weighted by Crippen LogP contribution is 2.37. The fraction of sp³-hybridized carbons (Fsp3) is 0.174. The maximum absolute atomic E-state index is 13.3. The van der Waals surface area contributed by atoms with E-state index in [9.17, 15) is 4.79 Å². The van der Waals surface area contributed by atoms with Crippen molar-refractivity contribution in [2.24, 2.45) is 0 Å². The first kappa shape index (κ1) is 18.4. The molecular formula is C23H21ClN2O2. The van der Waals surface area contributed by atoms with Gasteiger partial charge in [0.1, 0.15) is 11.9 Å². The third-order valence-corrected chi connectivity index (χ3v) is 4.95. The Balaban J connectivity index is 1.74. The highest BCUT2D eigenvalue weighted by atomic mass is 35.5. The number of carbonyl (C=O) groups is 1. The molecule has 0 aliphatic carbocycles. The maximum Gasteiger partial charge on any atom is 0.262 e. The predicted molar refractivity (Wildman–Crippen MR) is 113 cm³/mol. The zero-order valence-corrected chi connectivity index (χ0v) is 16.3. The average molecular weight is 393 g/mol. The van der Waals surface area contributed by atoms with Gasteiger partial charge >= 0.3 is 0 Å². The number of halogens is 1. The molecule has 1 amide bonds. The van der Waals surface area contributed by atoms with E-state index in [2.05, 4.69) is 12.2 Å². The molecule has 1 N–H and O–H groups in total. The lowest BCUT2D eigenvalue weighted by molar-refractivity contribution is 0.0975. The molecule has 1 atom stereocenters. The first-order chi connectivity index (χ1) is 13.7. The van der Waals surface area contributed by atoms with E-state index in [1.165, 1.54) is 0 Å². The van der Waals surface area contributed by atoms with Crippen LogP contribution in [-0.4, -0.2) is 12.5 Å². The quantitative estimate of drug-likeness (QED) is 0.587. The molecular weight excluding hydrogens is 372 g/mol. The monoisotopic (exact) mass is 392 g/mol. The summed E-state index contributed by atoms with van der Waals surface area (Å²) in [5, 5.41) is 4.14. The van der Waals surface area contributed by atoms with Crippen molar-refractivity contribution >= 4 is 28.9 Å². The first-order valence-electron chi connectivity index (χ1n) is 9.35. The Kier molecular flexibility index (Phi) is 5.22. The Labute approximate surface area is 169 Å². The number of rotatable bonds is 5. The molecule has 1 aliphatic heterocycles. The number of ether oxygens (including phenoxy) is 1. The van der Waals surface area contributed by atoms with Crippen molar-refractivity contribution in [1.29, 1.82) is 0 Å². The predicted octanol–water partition coefficient (Wildman–Crippen LogP) is 5.90. The molecule has 1 aliphatic rings. The van der Waals surface area contributed by atoms with Crippen LogP contribution in [0.15, 0.2) is 72.8 Å². The topological polar surface area (TPSA) is 41.6 Å². The van der Waals surface area contributed by atoms with Crippen LogP contribution in [0.2, 0.25) is 5.02 Å². The molecule has 0 fully saturated rings. The average Bonchev–Trinajstić information content (AvgIpc) is 2.73. The van der Waals surface area contributed by atoms with Gasteiger partial charge in [-0.1, -0.05) is 42.8 Å². The van der Waals surface area contributed by atoms with Gasteiger partial charge in [-0.05, 0) is 60.5 Å². The molecule has 5 heteroatoms. The smallest absolute Gasteiger partial charge is 0.262 e. The van der Waals surface area contributed by atoms with Gasteiger partial charge in [-0.15, -0.1) is 0 Å². The normalized spacial score (nSPS) is 15.7. The number of hydrogen-bond donors (Lipinski definition) is 1. The summed E-state index contributed by atoms with van der Waals surface area (Å²) in [5.41, 5.74) is 3.24. The Morgan fingerprint density at radius 1 is 1.00 bits per heavy atom. The summed E-state index contributed by atoms with van der Waals surface area (Å²) >= 11 is 6.05. The van der Waals surface area contributed by atoms with E-state index in [0.29, 0.717) is 17.2 Å². The number of hydrogen-bond acceptors (Lipinski definition) is 3. The van der Waals surface area contributed by atoms with Gasteiger partial charge in [0, 0.05) is 16.4 Å². The van der Waals surface area contributed by atoms with Crippen LogP contribution >= 0.6 is 11.6 Å². The molecule has 4 nitrogen and oxygen atoms in total. The number of nitrogens with zero attached hydrogens (tertiary/aromatic N) is 1. The van der Waals surface area contributed by atoms with Gasteiger partial charge in [-0.3, -0.25) is 9.69 Å². The van der Waals surface area contributed by atoms with Crippen molar-refractivity contribution in [3.05, 3.63) is 88.9 Å². The lowest BCUT2D eigenvalue weighted by atomic mass is 10.0. The molecule has 0 spiro atoms. The minimum atomic E-state index is -0.330. The molecule has 0 saturated heterocycles. The van der Waals surface area contributed by atoms with E-state index in [1.807, 2.05) is 60.7 Å². The summed E-state index contributed by atoms with van der Waals surface area (Å²) in [4.78, 5) is 15.1.